The smallest absolute Gasteiger partial charge is 0.235 e. The third-order valence-electron chi connectivity index (χ3n) is 3.14. The molecule has 2 N–H and O–H groups in total. The molecule has 0 bridgehead atoms. The molecule has 5 nitrogen and oxygen atoms in total. The zero-order chi connectivity index (χ0) is 12.6. The molecule has 0 saturated heterocycles. The number of hydrogen-bond acceptors (Lipinski definition) is 5. The van der Waals surface area contributed by atoms with Crippen LogP contribution in [0.3, 0.4) is 0 Å². The monoisotopic (exact) mass is 287 g/mol. The Morgan fingerprint density at radius 1 is 1.33 bits per heavy atom. The first-order valence-corrected chi connectivity index (χ1v) is 8.85. The molecule has 2 aliphatic carbocycles. The minimum Gasteiger partial charge on any atom is -0.313 e. The van der Waals surface area contributed by atoms with Gasteiger partial charge >= 0.3 is 0 Å². The van der Waals surface area contributed by atoms with Crippen molar-refractivity contribution in [2.45, 2.75) is 37.6 Å². The van der Waals surface area contributed by atoms with Crippen LogP contribution in [0, 0.1) is 0 Å². The summed E-state index contributed by atoms with van der Waals surface area (Å²) in [5.74, 6) is 0.679. The third-order valence-corrected chi connectivity index (χ3v) is 5.29. The van der Waals surface area contributed by atoms with Gasteiger partial charge in [-0.25, -0.2) is 13.4 Å². The highest BCUT2D eigenvalue weighted by atomic mass is 32.2. The fourth-order valence-corrected chi connectivity index (χ4v) is 3.78. The summed E-state index contributed by atoms with van der Waals surface area (Å²) >= 11 is 1.38. The van der Waals surface area contributed by atoms with E-state index >= 15 is 0 Å². The van der Waals surface area contributed by atoms with Gasteiger partial charge in [0.05, 0.1) is 11.4 Å². The van der Waals surface area contributed by atoms with Crippen LogP contribution < -0.4 is 10.0 Å². The van der Waals surface area contributed by atoms with Crippen molar-refractivity contribution in [3.8, 4) is 0 Å². The average molecular weight is 287 g/mol. The maximum absolute atomic E-state index is 11.8. The topological polar surface area (TPSA) is 71.1 Å². The van der Waals surface area contributed by atoms with E-state index in [0.717, 1.165) is 5.69 Å². The van der Waals surface area contributed by atoms with E-state index in [1.807, 2.05) is 5.38 Å². The van der Waals surface area contributed by atoms with Crippen molar-refractivity contribution in [1.82, 2.24) is 10.3 Å². The van der Waals surface area contributed by atoms with Crippen LogP contribution in [0.5, 0.6) is 0 Å². The Labute approximate surface area is 111 Å². The van der Waals surface area contributed by atoms with Crippen LogP contribution in [-0.4, -0.2) is 31.7 Å². The van der Waals surface area contributed by atoms with E-state index in [4.69, 9.17) is 0 Å². The van der Waals surface area contributed by atoms with Gasteiger partial charge < -0.3 is 5.32 Å². The molecule has 1 aromatic rings. The first-order valence-electron chi connectivity index (χ1n) is 6.32. The lowest BCUT2D eigenvalue weighted by molar-refractivity contribution is 0.595. The maximum atomic E-state index is 11.8. The van der Waals surface area contributed by atoms with Gasteiger partial charge in [0.25, 0.3) is 0 Å². The predicted molar refractivity (Wildman–Crippen MR) is 72.5 cm³/mol. The summed E-state index contributed by atoms with van der Waals surface area (Å²) in [7, 11) is -3.26. The molecular formula is C11H17N3O2S2. The minimum absolute atomic E-state index is 0.113. The molecule has 0 radical (unpaired) electrons. The number of rotatable bonds is 7. The van der Waals surface area contributed by atoms with Crippen molar-refractivity contribution >= 4 is 26.5 Å². The maximum Gasteiger partial charge on any atom is 0.235 e. The largest absolute Gasteiger partial charge is 0.313 e. The lowest BCUT2D eigenvalue weighted by Gasteiger charge is -2.05. The quantitative estimate of drug-likeness (QED) is 0.797. The van der Waals surface area contributed by atoms with Crippen molar-refractivity contribution in [1.29, 1.82) is 0 Å². The van der Waals surface area contributed by atoms with Crippen molar-refractivity contribution in [3.63, 3.8) is 0 Å². The lowest BCUT2D eigenvalue weighted by Crippen LogP contribution is -2.27. The fourth-order valence-electron chi connectivity index (χ4n) is 1.77. The van der Waals surface area contributed by atoms with Gasteiger partial charge in [-0.1, -0.05) is 0 Å². The van der Waals surface area contributed by atoms with Crippen molar-refractivity contribution in [3.05, 3.63) is 11.1 Å². The van der Waals surface area contributed by atoms with Crippen LogP contribution >= 0.6 is 11.3 Å². The Bertz CT molecular complexity index is 518. The molecule has 3 rings (SSSR count). The average Bonchev–Trinajstić information content (AvgIpc) is 3.19. The summed E-state index contributed by atoms with van der Waals surface area (Å²) in [6.45, 7) is 0.515. The summed E-state index contributed by atoms with van der Waals surface area (Å²) in [5, 5.41) is 5.66. The summed E-state index contributed by atoms with van der Waals surface area (Å²) in [4.78, 5) is 4.32. The van der Waals surface area contributed by atoms with Gasteiger partial charge in [0.15, 0.2) is 5.13 Å². The lowest BCUT2D eigenvalue weighted by atomic mass is 10.3. The van der Waals surface area contributed by atoms with E-state index in [0.29, 0.717) is 23.6 Å². The summed E-state index contributed by atoms with van der Waals surface area (Å²) in [6, 6.07) is 0.543. The molecule has 7 heteroatoms. The molecule has 0 amide bonds. The molecule has 0 unspecified atom stereocenters. The van der Waals surface area contributed by atoms with E-state index in [1.165, 1.54) is 37.0 Å². The first-order chi connectivity index (χ1) is 8.62. The number of nitrogens with zero attached hydrogens (tertiary/aromatic N) is 1. The Morgan fingerprint density at radius 2 is 2.11 bits per heavy atom. The zero-order valence-electron chi connectivity index (χ0n) is 10.1. The second-order valence-electron chi connectivity index (χ2n) is 5.00. The van der Waals surface area contributed by atoms with Crippen molar-refractivity contribution in [2.24, 2.45) is 0 Å². The van der Waals surface area contributed by atoms with E-state index in [9.17, 15) is 8.42 Å². The zero-order valence-corrected chi connectivity index (χ0v) is 11.7. The van der Waals surface area contributed by atoms with Crippen molar-refractivity contribution in [2.75, 3.05) is 17.0 Å². The molecule has 2 aliphatic rings. The van der Waals surface area contributed by atoms with Crippen LogP contribution in [-0.2, 0) is 10.0 Å². The highest BCUT2D eigenvalue weighted by Gasteiger charge is 2.26. The van der Waals surface area contributed by atoms with E-state index in [-0.39, 0.29) is 5.75 Å². The molecule has 18 heavy (non-hydrogen) atoms. The number of aromatic nitrogens is 1. The first kappa shape index (κ1) is 12.4. The molecule has 0 aliphatic heterocycles. The molecule has 100 valence electrons. The molecule has 0 aromatic carbocycles. The third kappa shape index (κ3) is 3.43. The highest BCUT2D eigenvalue weighted by molar-refractivity contribution is 7.92. The molecular weight excluding hydrogens is 270 g/mol. The van der Waals surface area contributed by atoms with E-state index in [2.05, 4.69) is 15.0 Å². The summed E-state index contributed by atoms with van der Waals surface area (Å²) in [6.07, 6.45) is 4.71. The Balaban J connectivity index is 1.51. The van der Waals surface area contributed by atoms with Gasteiger partial charge in [0.2, 0.25) is 10.0 Å². The SMILES string of the molecule is O=S(=O)(CCNC1CC1)Nc1nc(C2CC2)cs1. The molecule has 1 aromatic heterocycles. The summed E-state index contributed by atoms with van der Waals surface area (Å²) in [5.41, 5.74) is 1.04. The van der Waals surface area contributed by atoms with Crippen molar-refractivity contribution < 1.29 is 8.42 Å². The summed E-state index contributed by atoms with van der Waals surface area (Å²) < 4.78 is 26.2. The van der Waals surface area contributed by atoms with Crippen LogP contribution in [0.1, 0.15) is 37.3 Å². The fraction of sp³-hybridized carbons (Fsp3) is 0.727. The minimum atomic E-state index is -3.26. The van der Waals surface area contributed by atoms with Crippen LogP contribution in [0.15, 0.2) is 5.38 Å². The molecule has 2 fully saturated rings. The Morgan fingerprint density at radius 3 is 2.78 bits per heavy atom. The molecule has 0 atom stereocenters. The number of nitrogens with one attached hydrogen (secondary N) is 2. The van der Waals surface area contributed by atoms with Gasteiger partial charge in [-0.05, 0) is 25.7 Å². The highest BCUT2D eigenvalue weighted by Crippen LogP contribution is 2.40. The van der Waals surface area contributed by atoms with E-state index < -0.39 is 10.0 Å². The van der Waals surface area contributed by atoms with Gasteiger partial charge in [0, 0.05) is 23.9 Å². The van der Waals surface area contributed by atoms with Gasteiger partial charge in [-0.2, -0.15) is 0 Å². The van der Waals surface area contributed by atoms with Crippen LogP contribution in [0.4, 0.5) is 5.13 Å². The Kier molecular flexibility index (Phi) is 3.29. The second kappa shape index (κ2) is 4.79. The number of hydrogen-bond donors (Lipinski definition) is 2. The molecule has 1 heterocycles. The standard InChI is InChI=1S/C11H17N3O2S2/c15-18(16,6-5-12-9-3-4-9)14-11-13-10(7-17-11)8-1-2-8/h7-9,12H,1-6H2,(H,13,14). The number of anilines is 1. The molecule has 2 saturated carbocycles. The van der Waals surface area contributed by atoms with Crippen LogP contribution in [0.25, 0.3) is 0 Å². The van der Waals surface area contributed by atoms with Gasteiger partial charge in [0.1, 0.15) is 0 Å². The predicted octanol–water partition coefficient (Wildman–Crippen LogP) is 1.51. The van der Waals surface area contributed by atoms with Crippen LogP contribution in [0.2, 0.25) is 0 Å². The normalized spacial score (nSPS) is 20.0. The number of thiazole rings is 1. The van der Waals surface area contributed by atoms with Gasteiger partial charge in [-0.15, -0.1) is 11.3 Å². The second-order valence-corrected chi connectivity index (χ2v) is 7.70. The van der Waals surface area contributed by atoms with E-state index in [1.54, 1.807) is 0 Å². The van der Waals surface area contributed by atoms with Gasteiger partial charge in [-0.3, -0.25) is 4.72 Å². The molecule has 0 spiro atoms. The Hall–Kier alpha value is -0.660. The number of sulfonamides is 1.